The molecule has 2 heterocycles. The summed E-state index contributed by atoms with van der Waals surface area (Å²) in [6.45, 7) is 2.77. The summed E-state index contributed by atoms with van der Waals surface area (Å²) in [6.07, 6.45) is 0.929. The highest BCUT2D eigenvalue weighted by Crippen LogP contribution is 2.34. The molecule has 5 nitrogen and oxygen atoms in total. The van der Waals surface area contributed by atoms with Crippen molar-refractivity contribution in [3.63, 3.8) is 0 Å². The smallest absolute Gasteiger partial charge is 0.275 e. The summed E-state index contributed by atoms with van der Waals surface area (Å²) in [5, 5.41) is 7.60. The second kappa shape index (κ2) is 6.16. The fraction of sp³-hybridized carbons (Fsp3) is 0.250. The average Bonchev–Trinajstić information content (AvgIpc) is 3.04. The van der Waals surface area contributed by atoms with Crippen LogP contribution in [0.4, 0.5) is 0 Å². The van der Waals surface area contributed by atoms with Gasteiger partial charge in [-0.2, -0.15) is 5.10 Å². The molecule has 1 saturated heterocycles. The minimum atomic E-state index is -0.274. The molecule has 1 aliphatic heterocycles. The average molecular weight is 333 g/mol. The third-order valence-corrected chi connectivity index (χ3v) is 5.14. The van der Waals surface area contributed by atoms with Crippen LogP contribution in [-0.2, 0) is 0 Å². The highest BCUT2D eigenvalue weighted by Gasteiger charge is 2.36. The first-order chi connectivity index (χ1) is 12.2. The van der Waals surface area contributed by atoms with E-state index in [0.717, 1.165) is 6.42 Å². The lowest BCUT2D eigenvalue weighted by Crippen LogP contribution is -2.36. The molecule has 126 valence electrons. The second-order valence-corrected chi connectivity index (χ2v) is 6.49. The molecular formula is C20H19N3O2. The molecule has 4 rings (SSSR count). The fourth-order valence-corrected chi connectivity index (χ4v) is 3.79. The monoisotopic (exact) mass is 333 g/mol. The molecule has 0 aliphatic carbocycles. The Bertz CT molecular complexity index is 981. The summed E-state index contributed by atoms with van der Waals surface area (Å²) >= 11 is 0. The molecular weight excluding hydrogens is 314 g/mol. The van der Waals surface area contributed by atoms with Crippen LogP contribution in [-0.4, -0.2) is 33.6 Å². The third kappa shape index (κ3) is 2.61. The highest BCUT2D eigenvalue weighted by atomic mass is 16.2. The molecule has 5 heteroatoms. The van der Waals surface area contributed by atoms with Crippen molar-refractivity contribution in [3.8, 4) is 0 Å². The molecule has 0 radical (unpaired) electrons. The van der Waals surface area contributed by atoms with Gasteiger partial charge in [-0.05, 0) is 25.0 Å². The molecule has 0 spiro atoms. The third-order valence-electron chi connectivity index (χ3n) is 5.14. The van der Waals surface area contributed by atoms with Gasteiger partial charge in [-0.1, -0.05) is 48.5 Å². The lowest BCUT2D eigenvalue weighted by molar-refractivity contribution is 0.0737. The van der Waals surface area contributed by atoms with Gasteiger partial charge >= 0.3 is 0 Å². The van der Waals surface area contributed by atoms with Crippen molar-refractivity contribution in [1.29, 1.82) is 0 Å². The molecule has 25 heavy (non-hydrogen) atoms. The van der Waals surface area contributed by atoms with E-state index in [1.165, 1.54) is 5.56 Å². The molecule has 1 aliphatic rings. The highest BCUT2D eigenvalue weighted by molar-refractivity contribution is 6.04. The maximum Gasteiger partial charge on any atom is 0.275 e. The van der Waals surface area contributed by atoms with E-state index >= 15 is 0 Å². The van der Waals surface area contributed by atoms with E-state index in [4.69, 9.17) is 0 Å². The molecule has 1 amide bonds. The van der Waals surface area contributed by atoms with Crippen LogP contribution >= 0.6 is 0 Å². The summed E-state index contributed by atoms with van der Waals surface area (Å²) in [6, 6.07) is 17.5. The van der Waals surface area contributed by atoms with Crippen LogP contribution in [0.1, 0.15) is 35.3 Å². The number of benzene rings is 2. The molecule has 2 atom stereocenters. The standard InChI is InChI=1S/C20H19N3O2/c1-13-15(14-7-3-2-4-8-14)11-12-23(13)20(25)18-16-9-5-6-10-17(16)19(24)22-21-18/h2-10,13,15H,11-12H2,1H3,(H,22,24). The van der Waals surface area contributed by atoms with E-state index in [-0.39, 0.29) is 17.5 Å². The first-order valence-corrected chi connectivity index (χ1v) is 8.50. The van der Waals surface area contributed by atoms with Crippen LogP contribution in [0, 0.1) is 0 Å². The van der Waals surface area contributed by atoms with Crippen LogP contribution in [0.15, 0.2) is 59.4 Å². The van der Waals surface area contributed by atoms with Crippen LogP contribution in [0.5, 0.6) is 0 Å². The van der Waals surface area contributed by atoms with E-state index in [1.807, 2.05) is 29.2 Å². The van der Waals surface area contributed by atoms with Crippen molar-refractivity contribution in [2.75, 3.05) is 6.54 Å². The summed E-state index contributed by atoms with van der Waals surface area (Å²) in [7, 11) is 0. The summed E-state index contributed by atoms with van der Waals surface area (Å²) in [5.74, 6) is 0.192. The number of hydrogen-bond donors (Lipinski definition) is 1. The lowest BCUT2D eigenvalue weighted by Gasteiger charge is -2.25. The van der Waals surface area contributed by atoms with E-state index in [9.17, 15) is 9.59 Å². The first kappa shape index (κ1) is 15.6. The molecule has 1 N–H and O–H groups in total. The van der Waals surface area contributed by atoms with Gasteiger partial charge in [0.2, 0.25) is 0 Å². The number of amides is 1. The van der Waals surface area contributed by atoms with Crippen molar-refractivity contribution in [2.24, 2.45) is 0 Å². The first-order valence-electron chi connectivity index (χ1n) is 8.50. The van der Waals surface area contributed by atoms with Gasteiger partial charge < -0.3 is 4.90 Å². The Labute approximate surface area is 145 Å². The summed E-state index contributed by atoms with van der Waals surface area (Å²) in [4.78, 5) is 26.9. The molecule has 2 unspecified atom stereocenters. The molecule has 1 aromatic heterocycles. The maximum atomic E-state index is 13.1. The zero-order valence-electron chi connectivity index (χ0n) is 14.0. The van der Waals surface area contributed by atoms with Crippen molar-refractivity contribution < 1.29 is 4.79 Å². The maximum absolute atomic E-state index is 13.1. The Morgan fingerprint density at radius 2 is 1.76 bits per heavy atom. The minimum absolute atomic E-state index is 0.0855. The number of likely N-dealkylation sites (tertiary alicyclic amines) is 1. The Morgan fingerprint density at radius 3 is 2.52 bits per heavy atom. The lowest BCUT2D eigenvalue weighted by atomic mass is 9.93. The van der Waals surface area contributed by atoms with Crippen molar-refractivity contribution >= 4 is 16.7 Å². The van der Waals surface area contributed by atoms with Gasteiger partial charge in [0, 0.05) is 23.9 Å². The predicted octanol–water partition coefficient (Wildman–Crippen LogP) is 2.94. The summed E-state index contributed by atoms with van der Waals surface area (Å²) in [5.41, 5.74) is 1.30. The molecule has 1 fully saturated rings. The van der Waals surface area contributed by atoms with E-state index < -0.39 is 0 Å². The van der Waals surface area contributed by atoms with Crippen LogP contribution in [0.3, 0.4) is 0 Å². The van der Waals surface area contributed by atoms with E-state index in [0.29, 0.717) is 28.9 Å². The number of carbonyl (C=O) groups is 1. The van der Waals surface area contributed by atoms with Crippen LogP contribution in [0.25, 0.3) is 10.8 Å². The number of rotatable bonds is 2. The Morgan fingerprint density at radius 1 is 1.08 bits per heavy atom. The quantitative estimate of drug-likeness (QED) is 0.784. The van der Waals surface area contributed by atoms with Gasteiger partial charge in [-0.15, -0.1) is 0 Å². The van der Waals surface area contributed by atoms with Gasteiger partial charge in [0.25, 0.3) is 11.5 Å². The van der Waals surface area contributed by atoms with Crippen LogP contribution in [0.2, 0.25) is 0 Å². The predicted molar refractivity (Wildman–Crippen MR) is 96.7 cm³/mol. The largest absolute Gasteiger partial charge is 0.334 e. The fourth-order valence-electron chi connectivity index (χ4n) is 3.79. The molecule has 0 saturated carbocycles. The zero-order valence-corrected chi connectivity index (χ0v) is 14.0. The molecule has 3 aromatic rings. The van der Waals surface area contributed by atoms with E-state index in [1.54, 1.807) is 18.2 Å². The number of H-pyrrole nitrogens is 1. The number of hydrogen-bond acceptors (Lipinski definition) is 3. The van der Waals surface area contributed by atoms with Crippen molar-refractivity contribution in [1.82, 2.24) is 15.1 Å². The molecule has 0 bridgehead atoms. The number of aromatic amines is 1. The van der Waals surface area contributed by atoms with Gasteiger partial charge in [0.05, 0.1) is 5.39 Å². The van der Waals surface area contributed by atoms with Gasteiger partial charge in [-0.25, -0.2) is 5.10 Å². The van der Waals surface area contributed by atoms with Crippen molar-refractivity contribution in [2.45, 2.75) is 25.3 Å². The van der Waals surface area contributed by atoms with E-state index in [2.05, 4.69) is 29.3 Å². The normalized spacial score (nSPS) is 20.1. The van der Waals surface area contributed by atoms with Gasteiger partial charge in [0.1, 0.15) is 0 Å². The Hall–Kier alpha value is -2.95. The van der Waals surface area contributed by atoms with Gasteiger partial charge in [0.15, 0.2) is 5.69 Å². The van der Waals surface area contributed by atoms with Crippen LogP contribution < -0.4 is 5.56 Å². The SMILES string of the molecule is CC1C(c2ccccc2)CCN1C(=O)c1n[nH]c(=O)c2ccccc12. The second-order valence-electron chi connectivity index (χ2n) is 6.49. The topological polar surface area (TPSA) is 66.1 Å². The number of nitrogens with zero attached hydrogens (tertiary/aromatic N) is 2. The number of carbonyl (C=O) groups excluding carboxylic acids is 1. The number of fused-ring (bicyclic) bond motifs is 1. The summed E-state index contributed by atoms with van der Waals surface area (Å²) < 4.78 is 0. The molecule has 2 aromatic carbocycles. The number of nitrogens with one attached hydrogen (secondary N) is 1. The Balaban J connectivity index is 1.69. The number of aromatic nitrogens is 2. The van der Waals surface area contributed by atoms with Gasteiger partial charge in [-0.3, -0.25) is 9.59 Å². The van der Waals surface area contributed by atoms with Crippen molar-refractivity contribution in [3.05, 3.63) is 76.2 Å². The zero-order chi connectivity index (χ0) is 17.4. The minimum Gasteiger partial charge on any atom is -0.334 e. The Kier molecular flexibility index (Phi) is 3.84.